The molecule has 4 saturated carbocycles. The molecule has 0 aromatic carbocycles. The van der Waals surface area contributed by atoms with Gasteiger partial charge in [0.2, 0.25) is 0 Å². The Balaban J connectivity index is 1.20. The second kappa shape index (κ2) is 8.45. The Hall–Kier alpha value is -1.17. The molecule has 0 spiro atoms. The molecule has 2 heterocycles. The molecule has 34 heavy (non-hydrogen) atoms. The van der Waals surface area contributed by atoms with Gasteiger partial charge in [-0.1, -0.05) is 13.8 Å². The molecule has 1 aromatic heterocycles. The van der Waals surface area contributed by atoms with Crippen molar-refractivity contribution in [2.45, 2.75) is 108 Å². The van der Waals surface area contributed by atoms with Crippen LogP contribution in [0.3, 0.4) is 0 Å². The van der Waals surface area contributed by atoms with Crippen LogP contribution in [0.15, 0.2) is 27.6 Å². The number of nitrogens with one attached hydrogen (secondary N) is 2. The zero-order valence-corrected chi connectivity index (χ0v) is 21.2. The Morgan fingerprint density at radius 2 is 1.76 bits per heavy atom. The molecule has 6 rings (SSSR count). The molecule has 0 amide bonds. The molecule has 0 bridgehead atoms. The SMILES string of the molecule is C[C@]12CC[C@H](NC3CCNCC3)C[C@H]1CC[C@@H]1[C@@H]2CC[C@]2(C)[C@@H](c3ccc(=O)oc3)CC[C@]12O. The summed E-state index contributed by atoms with van der Waals surface area (Å²) in [4.78, 5) is 11.5. The normalized spacial score (nSPS) is 47.0. The molecule has 1 aliphatic heterocycles. The highest BCUT2D eigenvalue weighted by Crippen LogP contribution is 2.70. The molecular formula is C29H44N2O3. The van der Waals surface area contributed by atoms with Gasteiger partial charge in [-0.15, -0.1) is 0 Å². The van der Waals surface area contributed by atoms with Crippen LogP contribution in [0.2, 0.25) is 0 Å². The highest BCUT2D eigenvalue weighted by atomic mass is 16.4. The fourth-order valence-electron chi connectivity index (χ4n) is 9.80. The van der Waals surface area contributed by atoms with Gasteiger partial charge in [-0.3, -0.25) is 0 Å². The first-order valence-electron chi connectivity index (χ1n) is 14.1. The van der Waals surface area contributed by atoms with E-state index in [1.54, 1.807) is 12.3 Å². The van der Waals surface area contributed by atoms with Crippen molar-refractivity contribution in [1.29, 1.82) is 0 Å². The Morgan fingerprint density at radius 3 is 2.53 bits per heavy atom. The Morgan fingerprint density at radius 1 is 0.941 bits per heavy atom. The van der Waals surface area contributed by atoms with Gasteiger partial charge in [-0.2, -0.15) is 0 Å². The third-order valence-electron chi connectivity index (χ3n) is 11.8. The summed E-state index contributed by atoms with van der Waals surface area (Å²) in [5, 5.41) is 19.9. The third-order valence-corrected chi connectivity index (χ3v) is 11.8. The lowest BCUT2D eigenvalue weighted by Gasteiger charge is -2.64. The largest absolute Gasteiger partial charge is 0.431 e. The van der Waals surface area contributed by atoms with Crippen LogP contribution in [-0.2, 0) is 0 Å². The van der Waals surface area contributed by atoms with Gasteiger partial charge in [-0.05, 0) is 124 Å². The Labute approximate surface area is 204 Å². The van der Waals surface area contributed by atoms with Crippen molar-refractivity contribution < 1.29 is 9.52 Å². The maximum atomic E-state index is 12.4. The smallest absolute Gasteiger partial charge is 0.335 e. The fraction of sp³-hybridized carbons (Fsp3) is 0.828. The van der Waals surface area contributed by atoms with Crippen molar-refractivity contribution in [1.82, 2.24) is 10.6 Å². The van der Waals surface area contributed by atoms with E-state index in [4.69, 9.17) is 4.42 Å². The molecular weight excluding hydrogens is 424 g/mol. The fourth-order valence-corrected chi connectivity index (χ4v) is 9.80. The van der Waals surface area contributed by atoms with Crippen LogP contribution in [0.1, 0.15) is 96.0 Å². The van der Waals surface area contributed by atoms with Crippen molar-refractivity contribution >= 4 is 0 Å². The van der Waals surface area contributed by atoms with E-state index in [9.17, 15) is 9.90 Å². The molecule has 5 heteroatoms. The van der Waals surface area contributed by atoms with Crippen molar-refractivity contribution in [2.24, 2.45) is 28.6 Å². The van der Waals surface area contributed by atoms with Gasteiger partial charge in [0.15, 0.2) is 0 Å². The number of fused-ring (bicyclic) bond motifs is 5. The van der Waals surface area contributed by atoms with Crippen molar-refractivity contribution in [3.8, 4) is 0 Å². The van der Waals surface area contributed by atoms with Crippen molar-refractivity contribution in [2.75, 3.05) is 13.1 Å². The summed E-state index contributed by atoms with van der Waals surface area (Å²) < 4.78 is 5.24. The van der Waals surface area contributed by atoms with Gasteiger partial charge < -0.3 is 20.2 Å². The highest BCUT2D eigenvalue weighted by molar-refractivity contribution is 5.27. The van der Waals surface area contributed by atoms with Crippen LogP contribution in [0.5, 0.6) is 0 Å². The standard InChI is InChI=1S/C29H44N2O3/c1-27-12-7-22(31-21-10-15-30-16-11-21)17-20(27)4-5-25-24(27)8-13-28(2)23(9-14-29(25,28)33)19-3-6-26(32)34-18-19/h3,6,18,20-25,30-31,33H,4-5,7-17H2,1-2H3/t20-,22+,23-,24+,25-,27+,28-,29+/m1/s1. The van der Waals surface area contributed by atoms with Gasteiger partial charge in [0, 0.05) is 23.6 Å². The number of hydrogen-bond acceptors (Lipinski definition) is 5. The monoisotopic (exact) mass is 468 g/mol. The zero-order chi connectivity index (χ0) is 23.6. The molecule has 188 valence electrons. The van der Waals surface area contributed by atoms with E-state index in [2.05, 4.69) is 24.5 Å². The topological polar surface area (TPSA) is 74.5 Å². The summed E-state index contributed by atoms with van der Waals surface area (Å²) in [5.74, 6) is 2.10. The van der Waals surface area contributed by atoms with Gasteiger partial charge in [-0.25, -0.2) is 4.79 Å². The third kappa shape index (κ3) is 3.48. The molecule has 1 saturated heterocycles. The lowest BCUT2D eigenvalue weighted by Crippen LogP contribution is -2.62. The molecule has 3 N–H and O–H groups in total. The highest BCUT2D eigenvalue weighted by Gasteiger charge is 2.67. The van der Waals surface area contributed by atoms with Crippen LogP contribution in [-0.4, -0.2) is 35.9 Å². The summed E-state index contributed by atoms with van der Waals surface area (Å²) >= 11 is 0. The van der Waals surface area contributed by atoms with Gasteiger partial charge in [0.05, 0.1) is 11.9 Å². The van der Waals surface area contributed by atoms with Gasteiger partial charge >= 0.3 is 5.63 Å². The molecule has 5 aliphatic rings. The molecule has 5 nitrogen and oxygen atoms in total. The number of piperidine rings is 1. The minimum atomic E-state index is -0.602. The second-order valence-electron chi connectivity index (χ2n) is 13.0. The minimum absolute atomic E-state index is 0.134. The average molecular weight is 469 g/mol. The van der Waals surface area contributed by atoms with E-state index >= 15 is 0 Å². The van der Waals surface area contributed by atoms with Crippen LogP contribution in [0.4, 0.5) is 0 Å². The molecule has 0 radical (unpaired) electrons. The number of hydrogen-bond donors (Lipinski definition) is 3. The lowest BCUT2D eigenvalue weighted by molar-refractivity contribution is -0.202. The first-order valence-corrected chi connectivity index (χ1v) is 14.1. The van der Waals surface area contributed by atoms with E-state index in [-0.39, 0.29) is 17.0 Å². The van der Waals surface area contributed by atoms with Crippen LogP contribution in [0.25, 0.3) is 0 Å². The molecule has 5 fully saturated rings. The summed E-state index contributed by atoms with van der Waals surface area (Å²) in [7, 11) is 0. The quantitative estimate of drug-likeness (QED) is 0.605. The molecule has 1 aromatic rings. The maximum Gasteiger partial charge on any atom is 0.335 e. The number of rotatable bonds is 3. The van der Waals surface area contributed by atoms with Crippen LogP contribution in [0, 0.1) is 28.6 Å². The van der Waals surface area contributed by atoms with Crippen molar-refractivity contribution in [3.63, 3.8) is 0 Å². The van der Waals surface area contributed by atoms with Gasteiger partial charge in [0.1, 0.15) is 0 Å². The van der Waals surface area contributed by atoms with E-state index in [0.717, 1.165) is 43.8 Å². The lowest BCUT2D eigenvalue weighted by atomic mass is 9.43. The molecule has 0 unspecified atom stereocenters. The molecule has 8 atom stereocenters. The van der Waals surface area contributed by atoms with E-state index in [1.807, 2.05) is 6.07 Å². The second-order valence-corrected chi connectivity index (χ2v) is 13.0. The van der Waals surface area contributed by atoms with E-state index in [1.165, 1.54) is 51.4 Å². The number of aliphatic hydroxyl groups is 1. The van der Waals surface area contributed by atoms with Crippen LogP contribution >= 0.6 is 0 Å². The predicted molar refractivity (Wildman–Crippen MR) is 134 cm³/mol. The minimum Gasteiger partial charge on any atom is -0.431 e. The predicted octanol–water partition coefficient (Wildman–Crippen LogP) is 4.59. The Kier molecular flexibility index (Phi) is 5.78. The maximum absolute atomic E-state index is 12.4. The summed E-state index contributed by atoms with van der Waals surface area (Å²) in [5.41, 5.74) is 0.437. The molecule has 4 aliphatic carbocycles. The summed E-state index contributed by atoms with van der Waals surface area (Å²) in [6.07, 6.45) is 14.7. The van der Waals surface area contributed by atoms with Crippen molar-refractivity contribution in [3.05, 3.63) is 34.4 Å². The Bertz CT molecular complexity index is 936. The van der Waals surface area contributed by atoms with E-state index < -0.39 is 5.60 Å². The van der Waals surface area contributed by atoms with Gasteiger partial charge in [0.25, 0.3) is 0 Å². The first-order chi connectivity index (χ1) is 16.3. The average Bonchev–Trinajstić information content (AvgIpc) is 3.12. The first kappa shape index (κ1) is 23.2. The van der Waals surface area contributed by atoms with Crippen LogP contribution < -0.4 is 16.3 Å². The van der Waals surface area contributed by atoms with E-state index in [0.29, 0.717) is 29.3 Å². The summed E-state index contributed by atoms with van der Waals surface area (Å²) in [6, 6.07) is 4.86. The zero-order valence-electron chi connectivity index (χ0n) is 21.2. The summed E-state index contributed by atoms with van der Waals surface area (Å²) in [6.45, 7) is 7.23.